The molecule has 166 valence electrons. The van der Waals surface area contributed by atoms with Crippen LogP contribution in [0.3, 0.4) is 0 Å². The first-order chi connectivity index (χ1) is 15.5. The Balaban J connectivity index is 1.52. The summed E-state index contributed by atoms with van der Waals surface area (Å²) < 4.78 is 0. The van der Waals surface area contributed by atoms with Crippen molar-refractivity contribution in [3.05, 3.63) is 80.4 Å². The molecule has 1 heterocycles. The largest absolute Gasteiger partial charge is 0.377 e. The first-order valence-electron chi connectivity index (χ1n) is 11.3. The highest BCUT2D eigenvalue weighted by Crippen LogP contribution is 2.51. The maximum atomic E-state index is 13.2. The van der Waals surface area contributed by atoms with E-state index in [0.29, 0.717) is 16.1 Å². The van der Waals surface area contributed by atoms with Crippen molar-refractivity contribution in [3.63, 3.8) is 0 Å². The number of fused-ring (bicyclic) bond motifs is 3. The number of rotatable bonds is 4. The van der Waals surface area contributed by atoms with Crippen LogP contribution in [0, 0.1) is 16.0 Å². The zero-order chi connectivity index (χ0) is 22.2. The smallest absolute Gasteiger partial charge is 0.269 e. The van der Waals surface area contributed by atoms with Crippen LogP contribution >= 0.6 is 11.6 Å². The summed E-state index contributed by atoms with van der Waals surface area (Å²) in [5.41, 5.74) is 3.24. The molecule has 2 N–H and O–H groups in total. The number of hydrogen-bond acceptors (Lipinski definition) is 4. The molecule has 2 aromatic carbocycles. The molecule has 1 saturated carbocycles. The molecule has 2 aliphatic carbocycles. The van der Waals surface area contributed by atoms with Crippen LogP contribution in [0.5, 0.6) is 0 Å². The van der Waals surface area contributed by atoms with Crippen molar-refractivity contribution >= 4 is 28.9 Å². The number of nitro benzene ring substituents is 1. The lowest BCUT2D eigenvalue weighted by atomic mass is 9.76. The van der Waals surface area contributed by atoms with Gasteiger partial charge in [-0.25, -0.2) is 0 Å². The van der Waals surface area contributed by atoms with Crippen LogP contribution in [0.4, 0.5) is 11.4 Å². The maximum absolute atomic E-state index is 13.2. The van der Waals surface area contributed by atoms with Gasteiger partial charge in [-0.2, -0.15) is 0 Å². The lowest BCUT2D eigenvalue weighted by Crippen LogP contribution is -2.37. The zero-order valence-electron chi connectivity index (χ0n) is 17.7. The van der Waals surface area contributed by atoms with Crippen molar-refractivity contribution < 1.29 is 9.72 Å². The van der Waals surface area contributed by atoms with Crippen LogP contribution in [0.1, 0.15) is 72.0 Å². The minimum absolute atomic E-state index is 0.0165. The number of nitrogens with one attached hydrogen (secondary N) is 2. The lowest BCUT2D eigenvalue weighted by Gasteiger charge is -2.38. The summed E-state index contributed by atoms with van der Waals surface area (Å²) in [5, 5.41) is 18.7. The lowest BCUT2D eigenvalue weighted by molar-refractivity contribution is -0.384. The standard InChI is InChI=1S/C25H26ClN3O3/c26-22-13-12-16(29(31)32)14-21(22)24-19-9-4-8-17(19)18-10-5-11-20(23(18)28-24)25(30)27-15-6-2-1-3-7-15/h4-5,8,10-15,17,19,24,28H,1-3,6-7,9H2,(H,27,30). The molecule has 6 nitrogen and oxygen atoms in total. The molecule has 7 heteroatoms. The first-order valence-corrected chi connectivity index (χ1v) is 11.7. The second-order valence-electron chi connectivity index (χ2n) is 9.02. The molecule has 3 unspecified atom stereocenters. The van der Waals surface area contributed by atoms with Crippen molar-refractivity contribution in [2.45, 2.75) is 56.5 Å². The highest BCUT2D eigenvalue weighted by Gasteiger charge is 2.40. The summed E-state index contributed by atoms with van der Waals surface area (Å²) in [7, 11) is 0. The molecule has 5 rings (SSSR count). The summed E-state index contributed by atoms with van der Waals surface area (Å²) in [5.74, 6) is 0.248. The van der Waals surface area contributed by atoms with E-state index in [1.165, 1.54) is 12.5 Å². The molecular weight excluding hydrogens is 426 g/mol. The molecule has 2 aromatic rings. The molecule has 0 aromatic heterocycles. The number of anilines is 1. The molecule has 3 atom stereocenters. The van der Waals surface area contributed by atoms with E-state index in [9.17, 15) is 14.9 Å². The van der Waals surface area contributed by atoms with E-state index < -0.39 is 4.92 Å². The van der Waals surface area contributed by atoms with Crippen molar-refractivity contribution in [2.75, 3.05) is 5.32 Å². The Morgan fingerprint density at radius 1 is 1.12 bits per heavy atom. The molecule has 0 saturated heterocycles. The molecule has 1 fully saturated rings. The van der Waals surface area contributed by atoms with Crippen LogP contribution in [0.2, 0.25) is 5.02 Å². The van der Waals surface area contributed by atoms with Crippen molar-refractivity contribution in [2.24, 2.45) is 5.92 Å². The molecule has 32 heavy (non-hydrogen) atoms. The Bertz CT molecular complexity index is 1090. The molecule has 1 aliphatic heterocycles. The number of nitro groups is 1. The summed E-state index contributed by atoms with van der Waals surface area (Å²) in [4.78, 5) is 24.2. The maximum Gasteiger partial charge on any atom is 0.269 e. The fourth-order valence-corrected chi connectivity index (χ4v) is 5.75. The van der Waals surface area contributed by atoms with Crippen LogP contribution < -0.4 is 10.6 Å². The van der Waals surface area contributed by atoms with Gasteiger partial charge < -0.3 is 10.6 Å². The normalized spacial score (nSPS) is 24.3. The SMILES string of the molecule is O=C(NC1CCCCC1)c1cccc2c1NC(c1cc([N+](=O)[O-])ccc1Cl)C1CC=CC21. The van der Waals surface area contributed by atoms with Gasteiger partial charge in [0.1, 0.15) is 0 Å². The zero-order valence-corrected chi connectivity index (χ0v) is 18.5. The van der Waals surface area contributed by atoms with Gasteiger partial charge in [-0.1, -0.05) is 55.1 Å². The van der Waals surface area contributed by atoms with Gasteiger partial charge in [0.05, 0.1) is 22.2 Å². The minimum atomic E-state index is -0.399. The monoisotopic (exact) mass is 451 g/mol. The van der Waals surface area contributed by atoms with E-state index in [1.807, 2.05) is 12.1 Å². The van der Waals surface area contributed by atoms with E-state index in [0.717, 1.165) is 43.4 Å². The Kier molecular flexibility index (Phi) is 5.64. The van der Waals surface area contributed by atoms with Crippen LogP contribution in [0.15, 0.2) is 48.6 Å². The topological polar surface area (TPSA) is 84.3 Å². The Morgan fingerprint density at radius 3 is 2.72 bits per heavy atom. The quantitative estimate of drug-likeness (QED) is 0.332. The van der Waals surface area contributed by atoms with Crippen LogP contribution in [-0.2, 0) is 0 Å². The summed E-state index contributed by atoms with van der Waals surface area (Å²) in [6.45, 7) is 0. The van der Waals surface area contributed by atoms with Crippen molar-refractivity contribution in [1.82, 2.24) is 5.32 Å². The Hall–Kier alpha value is -2.86. The van der Waals surface area contributed by atoms with Crippen LogP contribution in [0.25, 0.3) is 0 Å². The molecule has 0 bridgehead atoms. The van der Waals surface area contributed by atoms with E-state index in [4.69, 9.17) is 11.6 Å². The van der Waals surface area contributed by atoms with Crippen LogP contribution in [-0.4, -0.2) is 16.9 Å². The number of carbonyl (C=O) groups excluding carboxylic acids is 1. The average Bonchev–Trinajstić information content (AvgIpc) is 3.29. The third kappa shape index (κ3) is 3.77. The molecular formula is C25H26ClN3O3. The van der Waals surface area contributed by atoms with E-state index in [2.05, 4.69) is 28.9 Å². The summed E-state index contributed by atoms with van der Waals surface area (Å²) in [6, 6.07) is 10.4. The van der Waals surface area contributed by atoms with Gasteiger partial charge in [0.25, 0.3) is 11.6 Å². The van der Waals surface area contributed by atoms with E-state index >= 15 is 0 Å². The van der Waals surface area contributed by atoms with Gasteiger partial charge in [0.2, 0.25) is 0 Å². The van der Waals surface area contributed by atoms with Crippen molar-refractivity contribution in [1.29, 1.82) is 0 Å². The molecule has 1 amide bonds. The number of para-hydroxylation sites is 1. The van der Waals surface area contributed by atoms with Gasteiger partial charge in [-0.15, -0.1) is 0 Å². The number of amides is 1. The average molecular weight is 452 g/mol. The molecule has 0 spiro atoms. The molecule has 3 aliphatic rings. The van der Waals surface area contributed by atoms with Gasteiger partial charge in [-0.05, 0) is 42.9 Å². The predicted molar refractivity (Wildman–Crippen MR) is 125 cm³/mol. The second-order valence-corrected chi connectivity index (χ2v) is 9.42. The Labute approximate surface area is 192 Å². The number of benzene rings is 2. The van der Waals surface area contributed by atoms with E-state index in [1.54, 1.807) is 12.1 Å². The summed E-state index contributed by atoms with van der Waals surface area (Å²) >= 11 is 6.52. The van der Waals surface area contributed by atoms with E-state index in [-0.39, 0.29) is 35.5 Å². The molecule has 0 radical (unpaired) electrons. The highest BCUT2D eigenvalue weighted by molar-refractivity contribution is 6.31. The second kappa shape index (κ2) is 8.58. The number of hydrogen-bond donors (Lipinski definition) is 2. The number of non-ortho nitro benzene ring substituents is 1. The van der Waals surface area contributed by atoms with Gasteiger partial charge in [-0.3, -0.25) is 14.9 Å². The summed E-state index contributed by atoms with van der Waals surface area (Å²) in [6.07, 6.45) is 10.8. The number of halogens is 1. The highest BCUT2D eigenvalue weighted by atomic mass is 35.5. The van der Waals surface area contributed by atoms with Gasteiger partial charge >= 0.3 is 0 Å². The van der Waals surface area contributed by atoms with Gasteiger partial charge in [0, 0.05) is 34.7 Å². The number of allylic oxidation sites excluding steroid dienone is 2. The van der Waals surface area contributed by atoms with Crippen molar-refractivity contribution in [3.8, 4) is 0 Å². The Morgan fingerprint density at radius 2 is 1.94 bits per heavy atom. The fraction of sp³-hybridized carbons (Fsp3) is 0.400. The number of carbonyl (C=O) groups is 1. The third-order valence-corrected chi connectivity index (χ3v) is 7.45. The third-order valence-electron chi connectivity index (χ3n) is 7.11. The predicted octanol–water partition coefficient (Wildman–Crippen LogP) is 6.14. The fourth-order valence-electron chi connectivity index (χ4n) is 5.51. The van der Waals surface area contributed by atoms with Gasteiger partial charge in [0.15, 0.2) is 0 Å². The first kappa shape index (κ1) is 21.0. The minimum Gasteiger partial charge on any atom is -0.377 e. The number of nitrogens with zero attached hydrogens (tertiary/aromatic N) is 1.